The molecule has 1 unspecified atom stereocenters. The summed E-state index contributed by atoms with van der Waals surface area (Å²) in [5.41, 5.74) is 5.71. The molecule has 0 aliphatic heterocycles. The lowest BCUT2D eigenvalue weighted by Gasteiger charge is -2.15. The van der Waals surface area contributed by atoms with Crippen molar-refractivity contribution in [3.8, 4) is 0 Å². The van der Waals surface area contributed by atoms with E-state index in [0.29, 0.717) is 6.42 Å². The third kappa shape index (κ3) is 2.62. The topological polar surface area (TPSA) is 38.1 Å². The fourth-order valence-electron chi connectivity index (χ4n) is 2.25. The van der Waals surface area contributed by atoms with Crippen molar-refractivity contribution in [3.63, 3.8) is 0 Å². The zero-order valence-corrected chi connectivity index (χ0v) is 11.4. The maximum atomic E-state index is 10.3. The first-order valence-electron chi connectivity index (χ1n) is 6.20. The lowest BCUT2D eigenvalue weighted by molar-refractivity contribution is 0.177. The van der Waals surface area contributed by atoms with E-state index in [4.69, 9.17) is 0 Å². The molecule has 1 N–H and O–H groups in total. The lowest BCUT2D eigenvalue weighted by Crippen LogP contribution is -2.04. The highest BCUT2D eigenvalue weighted by atomic mass is 16.3. The van der Waals surface area contributed by atoms with Gasteiger partial charge in [-0.25, -0.2) is 0 Å². The number of aliphatic hydroxyl groups is 1. The second-order valence-corrected chi connectivity index (χ2v) is 5.04. The van der Waals surface area contributed by atoms with Crippen molar-refractivity contribution < 1.29 is 5.11 Å². The minimum atomic E-state index is -0.464. The number of aryl methyl sites for hydroxylation is 4. The molecule has 96 valence electrons. The molecule has 0 aliphatic carbocycles. The summed E-state index contributed by atoms with van der Waals surface area (Å²) in [5.74, 6) is 0. The van der Waals surface area contributed by atoms with E-state index in [2.05, 4.69) is 31.1 Å². The van der Waals surface area contributed by atoms with Crippen LogP contribution in [0.15, 0.2) is 24.5 Å². The van der Waals surface area contributed by atoms with Crippen molar-refractivity contribution in [3.05, 3.63) is 52.3 Å². The van der Waals surface area contributed by atoms with Crippen LogP contribution >= 0.6 is 0 Å². The van der Waals surface area contributed by atoms with Gasteiger partial charge in [-0.3, -0.25) is 4.68 Å². The first-order valence-corrected chi connectivity index (χ1v) is 6.20. The standard InChI is InChI=1S/C15H20N2O/c1-10-5-12(3)14(6-11(10)2)15(18)7-13-8-16-17(4)9-13/h5-6,8-9,15,18H,7H2,1-4H3. The molecular formula is C15H20N2O. The predicted molar refractivity (Wildman–Crippen MR) is 72.5 cm³/mol. The normalized spacial score (nSPS) is 12.7. The van der Waals surface area contributed by atoms with E-state index < -0.39 is 6.10 Å². The third-order valence-corrected chi connectivity index (χ3v) is 3.43. The van der Waals surface area contributed by atoms with E-state index >= 15 is 0 Å². The van der Waals surface area contributed by atoms with Crippen LogP contribution in [0.4, 0.5) is 0 Å². The van der Waals surface area contributed by atoms with Crippen molar-refractivity contribution >= 4 is 0 Å². The zero-order chi connectivity index (χ0) is 13.3. The Bertz CT molecular complexity index is 558. The quantitative estimate of drug-likeness (QED) is 0.901. The van der Waals surface area contributed by atoms with Crippen molar-refractivity contribution in [2.45, 2.75) is 33.3 Å². The molecule has 0 saturated carbocycles. The van der Waals surface area contributed by atoms with Gasteiger partial charge in [0.2, 0.25) is 0 Å². The van der Waals surface area contributed by atoms with Gasteiger partial charge in [-0.1, -0.05) is 12.1 Å². The van der Waals surface area contributed by atoms with Gasteiger partial charge in [0, 0.05) is 19.7 Å². The maximum absolute atomic E-state index is 10.3. The zero-order valence-electron chi connectivity index (χ0n) is 11.4. The van der Waals surface area contributed by atoms with Crippen LogP contribution in [0, 0.1) is 20.8 Å². The van der Waals surface area contributed by atoms with E-state index in [1.165, 1.54) is 11.1 Å². The fourth-order valence-corrected chi connectivity index (χ4v) is 2.25. The average molecular weight is 244 g/mol. The summed E-state index contributed by atoms with van der Waals surface area (Å²) in [5, 5.41) is 14.5. The summed E-state index contributed by atoms with van der Waals surface area (Å²) in [6.45, 7) is 6.23. The van der Waals surface area contributed by atoms with E-state index in [1.54, 1.807) is 10.9 Å². The van der Waals surface area contributed by atoms with Crippen LogP contribution in [0.3, 0.4) is 0 Å². The number of nitrogens with zero attached hydrogens (tertiary/aromatic N) is 2. The Balaban J connectivity index is 2.23. The Morgan fingerprint density at radius 1 is 1.17 bits per heavy atom. The Hall–Kier alpha value is -1.61. The van der Waals surface area contributed by atoms with Crippen molar-refractivity contribution in [1.29, 1.82) is 0 Å². The third-order valence-electron chi connectivity index (χ3n) is 3.43. The van der Waals surface area contributed by atoms with Gasteiger partial charge >= 0.3 is 0 Å². The minimum Gasteiger partial charge on any atom is -0.388 e. The molecule has 1 aromatic carbocycles. The van der Waals surface area contributed by atoms with Crippen molar-refractivity contribution in [1.82, 2.24) is 9.78 Å². The van der Waals surface area contributed by atoms with Crippen LogP contribution in [-0.2, 0) is 13.5 Å². The van der Waals surface area contributed by atoms with E-state index in [0.717, 1.165) is 16.7 Å². The molecule has 1 atom stereocenters. The first kappa shape index (κ1) is 12.8. The van der Waals surface area contributed by atoms with Crippen molar-refractivity contribution in [2.24, 2.45) is 7.05 Å². The van der Waals surface area contributed by atoms with Crippen LogP contribution in [0.1, 0.15) is 33.9 Å². The van der Waals surface area contributed by atoms with Gasteiger partial charge in [-0.2, -0.15) is 5.10 Å². The Labute approximate surface area is 108 Å². The number of aliphatic hydroxyl groups excluding tert-OH is 1. The van der Waals surface area contributed by atoms with Crippen LogP contribution in [-0.4, -0.2) is 14.9 Å². The SMILES string of the molecule is Cc1cc(C)c(C(O)Cc2cnn(C)c2)cc1C. The molecule has 0 spiro atoms. The van der Waals surface area contributed by atoms with Gasteiger partial charge in [-0.15, -0.1) is 0 Å². The summed E-state index contributed by atoms with van der Waals surface area (Å²) in [6.07, 6.45) is 3.89. The monoisotopic (exact) mass is 244 g/mol. The summed E-state index contributed by atoms with van der Waals surface area (Å²) in [4.78, 5) is 0. The fraction of sp³-hybridized carbons (Fsp3) is 0.400. The molecule has 0 aliphatic rings. The summed E-state index contributed by atoms with van der Waals surface area (Å²) in [7, 11) is 1.89. The van der Waals surface area contributed by atoms with E-state index in [1.807, 2.05) is 20.2 Å². The van der Waals surface area contributed by atoms with Gasteiger partial charge in [0.05, 0.1) is 12.3 Å². The molecule has 3 heteroatoms. The highest BCUT2D eigenvalue weighted by molar-refractivity contribution is 5.38. The van der Waals surface area contributed by atoms with Crippen molar-refractivity contribution in [2.75, 3.05) is 0 Å². The van der Waals surface area contributed by atoms with Crippen LogP contribution < -0.4 is 0 Å². The molecule has 0 radical (unpaired) electrons. The molecule has 1 heterocycles. The summed E-state index contributed by atoms with van der Waals surface area (Å²) >= 11 is 0. The first-order chi connectivity index (χ1) is 8.47. The highest BCUT2D eigenvalue weighted by Gasteiger charge is 2.13. The number of benzene rings is 1. The Morgan fingerprint density at radius 3 is 2.44 bits per heavy atom. The smallest absolute Gasteiger partial charge is 0.0834 e. The number of aromatic nitrogens is 2. The van der Waals surface area contributed by atoms with Gasteiger partial charge in [0.1, 0.15) is 0 Å². The molecule has 0 bridgehead atoms. The second-order valence-electron chi connectivity index (χ2n) is 5.04. The average Bonchev–Trinajstić information content (AvgIpc) is 2.69. The van der Waals surface area contributed by atoms with Gasteiger partial charge in [-0.05, 0) is 48.6 Å². The number of hydrogen-bond acceptors (Lipinski definition) is 2. The number of hydrogen-bond donors (Lipinski definition) is 1. The van der Waals surface area contributed by atoms with Gasteiger partial charge in [0.25, 0.3) is 0 Å². The molecule has 0 amide bonds. The molecule has 1 aromatic heterocycles. The molecule has 0 fully saturated rings. The van der Waals surface area contributed by atoms with Crippen LogP contribution in [0.25, 0.3) is 0 Å². The highest BCUT2D eigenvalue weighted by Crippen LogP contribution is 2.24. The van der Waals surface area contributed by atoms with E-state index in [9.17, 15) is 5.11 Å². The number of rotatable bonds is 3. The molecule has 2 rings (SSSR count). The summed E-state index contributed by atoms with van der Waals surface area (Å²) < 4.78 is 1.76. The van der Waals surface area contributed by atoms with Crippen LogP contribution in [0.5, 0.6) is 0 Å². The van der Waals surface area contributed by atoms with Gasteiger partial charge in [0.15, 0.2) is 0 Å². The lowest BCUT2D eigenvalue weighted by atomic mass is 9.95. The molecular weight excluding hydrogens is 224 g/mol. The predicted octanol–water partition coefficient (Wildman–Crippen LogP) is 2.62. The Kier molecular flexibility index (Phi) is 3.53. The van der Waals surface area contributed by atoms with Gasteiger partial charge < -0.3 is 5.11 Å². The van der Waals surface area contributed by atoms with Crippen LogP contribution in [0.2, 0.25) is 0 Å². The minimum absolute atomic E-state index is 0.464. The summed E-state index contributed by atoms with van der Waals surface area (Å²) in [6, 6.07) is 4.23. The second kappa shape index (κ2) is 4.94. The molecule has 18 heavy (non-hydrogen) atoms. The maximum Gasteiger partial charge on any atom is 0.0834 e. The molecule has 2 aromatic rings. The molecule has 3 nitrogen and oxygen atoms in total. The van der Waals surface area contributed by atoms with E-state index in [-0.39, 0.29) is 0 Å². The molecule has 0 saturated heterocycles. The Morgan fingerprint density at radius 2 is 1.83 bits per heavy atom. The largest absolute Gasteiger partial charge is 0.388 e.